The zero-order valence-corrected chi connectivity index (χ0v) is 5.04. The predicted molar refractivity (Wildman–Crippen MR) is 34.7 cm³/mol. The zero-order chi connectivity index (χ0) is 6.10. The van der Waals surface area contributed by atoms with E-state index in [1.54, 1.807) is 0 Å². The van der Waals surface area contributed by atoms with Gasteiger partial charge in [0.1, 0.15) is 6.20 Å². The molecule has 1 aromatic rings. The van der Waals surface area contributed by atoms with Crippen LogP contribution in [0.2, 0.25) is 0 Å². The molecular formula is C7H7N2. The van der Waals surface area contributed by atoms with E-state index in [1.807, 2.05) is 16.9 Å². The summed E-state index contributed by atoms with van der Waals surface area (Å²) in [4.78, 5) is 0. The van der Waals surface area contributed by atoms with Gasteiger partial charge in [0, 0.05) is 11.9 Å². The van der Waals surface area contributed by atoms with Crippen molar-refractivity contribution in [3.63, 3.8) is 0 Å². The van der Waals surface area contributed by atoms with E-state index in [9.17, 15) is 0 Å². The number of hydrogen-bond donors (Lipinski definition) is 0. The van der Waals surface area contributed by atoms with Crippen molar-refractivity contribution in [1.29, 1.82) is 0 Å². The van der Waals surface area contributed by atoms with Crippen molar-refractivity contribution in [1.82, 2.24) is 9.78 Å². The summed E-state index contributed by atoms with van der Waals surface area (Å²) in [6.07, 6.45) is 9.14. The molecule has 0 saturated carbocycles. The van der Waals surface area contributed by atoms with Gasteiger partial charge >= 0.3 is 0 Å². The summed E-state index contributed by atoms with van der Waals surface area (Å²) in [5, 5.41) is 3.96. The minimum atomic E-state index is 1.10. The van der Waals surface area contributed by atoms with Crippen LogP contribution in [0.4, 0.5) is 0 Å². The molecule has 0 fully saturated rings. The zero-order valence-electron chi connectivity index (χ0n) is 5.04. The molecule has 2 heteroatoms. The van der Waals surface area contributed by atoms with Crippen LogP contribution < -0.4 is 0 Å². The number of nitrogens with zero attached hydrogens (tertiary/aromatic N) is 2. The summed E-state index contributed by atoms with van der Waals surface area (Å²) in [7, 11) is 0. The fourth-order valence-electron chi connectivity index (χ4n) is 1.02. The van der Waals surface area contributed by atoms with Crippen LogP contribution in [0.1, 0.15) is 12.1 Å². The van der Waals surface area contributed by atoms with Gasteiger partial charge in [-0.05, 0) is 18.9 Å². The second-order valence-corrected chi connectivity index (χ2v) is 2.13. The van der Waals surface area contributed by atoms with Gasteiger partial charge in [0.05, 0.1) is 0 Å². The Morgan fingerprint density at radius 1 is 1.67 bits per heavy atom. The van der Waals surface area contributed by atoms with Gasteiger partial charge < -0.3 is 0 Å². The van der Waals surface area contributed by atoms with Gasteiger partial charge in [-0.2, -0.15) is 5.10 Å². The molecule has 45 valence electrons. The van der Waals surface area contributed by atoms with E-state index in [4.69, 9.17) is 0 Å². The molecule has 1 aliphatic heterocycles. The Morgan fingerprint density at radius 2 is 2.67 bits per heavy atom. The Labute approximate surface area is 53.8 Å². The molecule has 1 radical (unpaired) electrons. The Bertz CT molecular complexity index is 235. The maximum Gasteiger partial charge on any atom is 0.113 e. The lowest BCUT2D eigenvalue weighted by Gasteiger charge is -2.04. The highest BCUT2D eigenvalue weighted by Crippen LogP contribution is 2.08. The summed E-state index contributed by atoms with van der Waals surface area (Å²) >= 11 is 0. The van der Waals surface area contributed by atoms with Gasteiger partial charge in [0.2, 0.25) is 0 Å². The summed E-state index contributed by atoms with van der Waals surface area (Å²) in [5.41, 5.74) is 1.26. The van der Waals surface area contributed by atoms with Crippen LogP contribution in [0, 0.1) is 6.20 Å². The van der Waals surface area contributed by atoms with Gasteiger partial charge in [-0.15, -0.1) is 0 Å². The molecule has 9 heavy (non-hydrogen) atoms. The van der Waals surface area contributed by atoms with E-state index in [0.717, 1.165) is 12.8 Å². The van der Waals surface area contributed by atoms with Gasteiger partial charge in [-0.1, -0.05) is 6.08 Å². The summed E-state index contributed by atoms with van der Waals surface area (Å²) in [6.45, 7) is 0. The van der Waals surface area contributed by atoms with Gasteiger partial charge in [0.15, 0.2) is 0 Å². The molecule has 0 atom stereocenters. The molecule has 0 unspecified atom stereocenters. The smallest absolute Gasteiger partial charge is 0.113 e. The molecule has 2 nitrogen and oxygen atoms in total. The van der Waals surface area contributed by atoms with Crippen molar-refractivity contribution in [2.75, 3.05) is 0 Å². The minimum absolute atomic E-state index is 1.10. The quantitative estimate of drug-likeness (QED) is 0.500. The molecule has 1 aromatic heterocycles. The van der Waals surface area contributed by atoms with E-state index in [2.05, 4.69) is 17.4 Å². The lowest BCUT2D eigenvalue weighted by atomic mass is 10.2. The van der Waals surface area contributed by atoms with E-state index < -0.39 is 0 Å². The fourth-order valence-corrected chi connectivity index (χ4v) is 1.02. The van der Waals surface area contributed by atoms with Crippen LogP contribution in [-0.2, 0) is 6.42 Å². The van der Waals surface area contributed by atoms with Crippen LogP contribution in [-0.4, -0.2) is 9.78 Å². The maximum absolute atomic E-state index is 3.96. The molecule has 0 bridgehead atoms. The molecule has 1 aliphatic rings. The number of aryl methyl sites for hydroxylation is 1. The number of rotatable bonds is 0. The molecule has 0 spiro atoms. The molecule has 0 aromatic carbocycles. The highest BCUT2D eigenvalue weighted by atomic mass is 15.3. The molecule has 2 rings (SSSR count). The van der Waals surface area contributed by atoms with Crippen LogP contribution in [0.5, 0.6) is 0 Å². The number of aromatic nitrogens is 2. The molecule has 0 saturated heterocycles. The van der Waals surface area contributed by atoms with Gasteiger partial charge in [0.25, 0.3) is 0 Å². The minimum Gasteiger partial charge on any atom is -0.245 e. The predicted octanol–water partition coefficient (Wildman–Crippen LogP) is 1.10. The average molecular weight is 119 g/mol. The van der Waals surface area contributed by atoms with Crippen LogP contribution in [0.3, 0.4) is 0 Å². The van der Waals surface area contributed by atoms with Crippen molar-refractivity contribution < 1.29 is 0 Å². The lowest BCUT2D eigenvalue weighted by molar-refractivity contribution is 0.799. The Kier molecular flexibility index (Phi) is 0.918. The highest BCUT2D eigenvalue weighted by molar-refractivity contribution is 5.27. The Morgan fingerprint density at radius 3 is 3.56 bits per heavy atom. The van der Waals surface area contributed by atoms with Crippen molar-refractivity contribution >= 4 is 6.20 Å². The summed E-state index contributed by atoms with van der Waals surface area (Å²) in [6, 6.07) is 1.93. The van der Waals surface area contributed by atoms with Crippen LogP contribution in [0.15, 0.2) is 12.1 Å². The van der Waals surface area contributed by atoms with E-state index in [-0.39, 0.29) is 0 Å². The molecular weight excluding hydrogens is 112 g/mol. The largest absolute Gasteiger partial charge is 0.245 e. The van der Waals surface area contributed by atoms with Crippen molar-refractivity contribution in [3.8, 4) is 0 Å². The number of allylic oxidation sites excluding steroid dienone is 1. The van der Waals surface area contributed by atoms with Crippen LogP contribution >= 0.6 is 0 Å². The molecule has 0 N–H and O–H groups in total. The Hall–Kier alpha value is -1.05. The average Bonchev–Trinajstić information content (AvgIpc) is 2.33. The third-order valence-corrected chi connectivity index (χ3v) is 1.50. The normalized spacial score (nSPS) is 15.6. The first-order chi connectivity index (χ1) is 4.47. The molecule has 2 heterocycles. The first-order valence-corrected chi connectivity index (χ1v) is 3.08. The topological polar surface area (TPSA) is 17.8 Å². The third kappa shape index (κ3) is 0.669. The van der Waals surface area contributed by atoms with E-state index >= 15 is 0 Å². The first kappa shape index (κ1) is 4.79. The van der Waals surface area contributed by atoms with Crippen molar-refractivity contribution in [3.05, 3.63) is 24.0 Å². The second kappa shape index (κ2) is 1.72. The number of fused-ring (bicyclic) bond motifs is 1. The molecule has 0 aliphatic carbocycles. The standard InChI is InChI=1S/C7H7N2/c1-2-6-9-7(3-1)4-5-8-9/h2,4,6H,1,3H2. The van der Waals surface area contributed by atoms with Crippen molar-refractivity contribution in [2.45, 2.75) is 12.8 Å². The Balaban J connectivity index is 2.53. The lowest BCUT2D eigenvalue weighted by Crippen LogP contribution is -2.00. The van der Waals surface area contributed by atoms with E-state index in [1.165, 1.54) is 5.69 Å². The summed E-state index contributed by atoms with van der Waals surface area (Å²) in [5.74, 6) is 0. The first-order valence-electron chi connectivity index (χ1n) is 3.08. The van der Waals surface area contributed by atoms with E-state index in [0.29, 0.717) is 0 Å². The van der Waals surface area contributed by atoms with Gasteiger partial charge in [-0.3, -0.25) is 0 Å². The second-order valence-electron chi connectivity index (χ2n) is 2.13. The fraction of sp³-hybridized carbons (Fsp3) is 0.286. The van der Waals surface area contributed by atoms with Gasteiger partial charge in [-0.25, -0.2) is 4.68 Å². The number of hydrogen-bond acceptors (Lipinski definition) is 1. The third-order valence-electron chi connectivity index (χ3n) is 1.50. The summed E-state index contributed by atoms with van der Waals surface area (Å²) < 4.78 is 1.86. The highest BCUT2D eigenvalue weighted by Gasteiger charge is 2.01. The SMILES string of the molecule is [c]1cc2n(n1)C=CCC2. The molecule has 0 amide bonds. The maximum atomic E-state index is 3.96. The monoisotopic (exact) mass is 119 g/mol. The van der Waals surface area contributed by atoms with Crippen molar-refractivity contribution in [2.24, 2.45) is 0 Å². The van der Waals surface area contributed by atoms with Crippen LogP contribution in [0.25, 0.3) is 6.20 Å².